The average molecular weight is 278 g/mol. The molecular formula is C14H18O2SSi. The van der Waals surface area contributed by atoms with Gasteiger partial charge < -0.3 is 9.47 Å². The number of methoxy groups -OCH3 is 2. The molecule has 2 nitrogen and oxygen atoms in total. The molecule has 96 valence electrons. The van der Waals surface area contributed by atoms with Gasteiger partial charge in [-0.05, 0) is 23.1 Å². The van der Waals surface area contributed by atoms with E-state index < -0.39 is 0 Å². The minimum atomic E-state index is -0.0832. The number of fused-ring (bicyclic) bond motifs is 1. The first kappa shape index (κ1) is 13.7. The summed E-state index contributed by atoms with van der Waals surface area (Å²) in [5, 5.41) is 1.34. The molecule has 0 fully saturated rings. The summed E-state index contributed by atoms with van der Waals surface area (Å²) < 4.78 is 12.0. The maximum Gasteiger partial charge on any atom is 0.137 e. The molecular weight excluding hydrogens is 260 g/mol. The molecule has 1 aromatic heterocycles. The third kappa shape index (κ3) is 3.01. The molecule has 0 saturated carbocycles. The van der Waals surface area contributed by atoms with Gasteiger partial charge in [0, 0.05) is 23.8 Å². The van der Waals surface area contributed by atoms with Gasteiger partial charge in [-0.1, -0.05) is 31.5 Å². The van der Waals surface area contributed by atoms with Crippen molar-refractivity contribution in [3.05, 3.63) is 35.2 Å². The van der Waals surface area contributed by atoms with Gasteiger partial charge in [0.15, 0.2) is 0 Å². The lowest BCUT2D eigenvalue weighted by Gasteiger charge is -2.18. The number of hydrogen-bond donors (Lipinski definition) is 0. The summed E-state index contributed by atoms with van der Waals surface area (Å²) in [6, 6.07) is 10.9. The van der Waals surface area contributed by atoms with E-state index in [2.05, 4.69) is 37.3 Å². The Hall–Kier alpha value is -0.683. The van der Waals surface area contributed by atoms with Crippen molar-refractivity contribution in [1.82, 2.24) is 0 Å². The molecule has 18 heavy (non-hydrogen) atoms. The van der Waals surface area contributed by atoms with Crippen LogP contribution in [0.15, 0.2) is 30.3 Å². The van der Waals surface area contributed by atoms with Crippen LogP contribution in [0.3, 0.4) is 0 Å². The van der Waals surface area contributed by atoms with Gasteiger partial charge in [-0.3, -0.25) is 0 Å². The van der Waals surface area contributed by atoms with E-state index in [1.165, 1.54) is 15.0 Å². The molecule has 4 heteroatoms. The predicted octanol–water partition coefficient (Wildman–Crippen LogP) is 3.63. The summed E-state index contributed by atoms with van der Waals surface area (Å²) >= 11 is 1.89. The van der Waals surface area contributed by atoms with Crippen LogP contribution in [-0.2, 0) is 9.47 Å². The summed E-state index contributed by atoms with van der Waals surface area (Å²) in [7, 11) is 4.06. The first-order chi connectivity index (χ1) is 8.78. The molecule has 0 saturated heterocycles. The number of ether oxygens (including phenoxy) is 2. The molecule has 2 aromatic rings. The fourth-order valence-corrected chi connectivity index (χ4v) is 4.58. The average Bonchev–Trinajstić information content (AvgIpc) is 2.84. The smallest absolute Gasteiger partial charge is 0.137 e. The van der Waals surface area contributed by atoms with E-state index in [1.54, 1.807) is 14.2 Å². The lowest BCUT2D eigenvalue weighted by molar-refractivity contribution is -0.0448. The van der Waals surface area contributed by atoms with Crippen LogP contribution in [0.5, 0.6) is 0 Å². The molecule has 0 aliphatic carbocycles. The number of rotatable bonds is 6. The van der Waals surface area contributed by atoms with Gasteiger partial charge in [-0.2, -0.15) is 0 Å². The minimum Gasteiger partial charge on any atom is -0.360 e. The highest BCUT2D eigenvalue weighted by atomic mass is 32.1. The zero-order valence-corrected chi connectivity index (χ0v) is 12.8. The van der Waals surface area contributed by atoms with Crippen LogP contribution in [0.2, 0.25) is 0 Å². The largest absolute Gasteiger partial charge is 0.360 e. The standard InChI is InChI=1S/C14H18O2SSi/c1-4-13(18-14(15-2)16-3)12-9-10-7-5-6-8-11(10)17-12/h5-9,13-14H,4H2,1-3H3. The van der Waals surface area contributed by atoms with Crippen molar-refractivity contribution in [2.45, 2.75) is 24.8 Å². The van der Waals surface area contributed by atoms with Crippen LogP contribution < -0.4 is 0 Å². The third-order valence-corrected chi connectivity index (χ3v) is 6.27. The highest BCUT2D eigenvalue weighted by molar-refractivity contribution is 7.19. The third-order valence-electron chi connectivity index (χ3n) is 2.96. The molecule has 1 heterocycles. The van der Waals surface area contributed by atoms with Crippen molar-refractivity contribution < 1.29 is 9.47 Å². The highest BCUT2D eigenvalue weighted by Gasteiger charge is 2.19. The van der Waals surface area contributed by atoms with Gasteiger partial charge in [0.25, 0.3) is 0 Å². The summed E-state index contributed by atoms with van der Waals surface area (Å²) in [4.78, 5) is 1.44. The van der Waals surface area contributed by atoms with Gasteiger partial charge in [-0.25, -0.2) is 0 Å². The first-order valence-corrected chi connectivity index (χ1v) is 8.05. The Kier molecular flexibility index (Phi) is 4.94. The van der Waals surface area contributed by atoms with E-state index in [0.717, 1.165) is 6.42 Å². The number of benzene rings is 1. The van der Waals surface area contributed by atoms with E-state index in [0.29, 0.717) is 15.1 Å². The summed E-state index contributed by atoms with van der Waals surface area (Å²) in [5.41, 5.74) is 0.535. The van der Waals surface area contributed by atoms with Crippen molar-refractivity contribution in [1.29, 1.82) is 0 Å². The molecule has 1 atom stereocenters. The second-order valence-electron chi connectivity index (χ2n) is 4.12. The van der Waals surface area contributed by atoms with Gasteiger partial charge in [0.2, 0.25) is 0 Å². The summed E-state index contributed by atoms with van der Waals surface area (Å²) in [6.07, 6.45) is 1.12. The molecule has 0 spiro atoms. The molecule has 0 aliphatic heterocycles. The van der Waals surface area contributed by atoms with E-state index in [9.17, 15) is 0 Å². The number of thiophene rings is 1. The topological polar surface area (TPSA) is 18.5 Å². The maximum absolute atomic E-state index is 5.32. The zero-order valence-electron chi connectivity index (χ0n) is 11.0. The van der Waals surface area contributed by atoms with Crippen LogP contribution in [-0.4, -0.2) is 29.7 Å². The molecule has 1 unspecified atom stereocenters. The maximum atomic E-state index is 5.32. The van der Waals surface area contributed by atoms with Crippen molar-refractivity contribution in [3.63, 3.8) is 0 Å². The lowest BCUT2D eigenvalue weighted by Crippen LogP contribution is -2.26. The van der Waals surface area contributed by atoms with Crippen LogP contribution in [0.1, 0.15) is 23.8 Å². The monoisotopic (exact) mass is 278 g/mol. The number of hydrogen-bond acceptors (Lipinski definition) is 3. The fraction of sp³-hybridized carbons (Fsp3) is 0.429. The Morgan fingerprint density at radius 3 is 2.56 bits per heavy atom. The quantitative estimate of drug-likeness (QED) is 0.593. The Morgan fingerprint density at radius 2 is 1.94 bits per heavy atom. The first-order valence-electron chi connectivity index (χ1n) is 6.08. The molecule has 0 bridgehead atoms. The molecule has 0 amide bonds. The summed E-state index contributed by atoms with van der Waals surface area (Å²) in [6.45, 7) is 2.23. The van der Waals surface area contributed by atoms with Gasteiger partial charge >= 0.3 is 0 Å². The van der Waals surface area contributed by atoms with E-state index in [-0.39, 0.29) is 5.91 Å². The van der Waals surface area contributed by atoms with Crippen molar-refractivity contribution in [2.75, 3.05) is 14.2 Å². The molecule has 0 aliphatic rings. The second kappa shape index (κ2) is 6.47. The van der Waals surface area contributed by atoms with Crippen LogP contribution in [0.25, 0.3) is 10.1 Å². The molecule has 0 N–H and O–H groups in total. The molecule has 1 aromatic carbocycles. The van der Waals surface area contributed by atoms with Gasteiger partial charge in [-0.15, -0.1) is 11.3 Å². The fourth-order valence-electron chi connectivity index (χ4n) is 1.97. The van der Waals surface area contributed by atoms with Crippen molar-refractivity contribution in [2.24, 2.45) is 0 Å². The Bertz CT molecular complexity index is 460. The summed E-state index contributed by atoms with van der Waals surface area (Å²) in [5.74, 6) is -0.0832. The highest BCUT2D eigenvalue weighted by Crippen LogP contribution is 2.32. The van der Waals surface area contributed by atoms with Crippen LogP contribution >= 0.6 is 11.3 Å². The van der Waals surface area contributed by atoms with Crippen molar-refractivity contribution >= 4 is 30.9 Å². The Morgan fingerprint density at radius 1 is 1.22 bits per heavy atom. The second-order valence-corrected chi connectivity index (χ2v) is 6.73. The minimum absolute atomic E-state index is 0.0832. The lowest BCUT2D eigenvalue weighted by atomic mass is 10.2. The molecule has 2 rings (SSSR count). The van der Waals surface area contributed by atoms with Gasteiger partial charge in [0.05, 0.1) is 0 Å². The van der Waals surface area contributed by atoms with E-state index in [4.69, 9.17) is 9.47 Å². The Labute approximate surface area is 115 Å². The Balaban J connectivity index is 2.21. The van der Waals surface area contributed by atoms with Crippen LogP contribution in [0.4, 0.5) is 0 Å². The van der Waals surface area contributed by atoms with E-state index in [1.807, 2.05) is 11.3 Å². The van der Waals surface area contributed by atoms with Crippen LogP contribution in [0, 0.1) is 0 Å². The normalized spacial score (nSPS) is 13.3. The van der Waals surface area contributed by atoms with Gasteiger partial charge in [0.1, 0.15) is 15.4 Å². The molecule has 2 radical (unpaired) electrons. The van der Waals surface area contributed by atoms with E-state index >= 15 is 0 Å². The SMILES string of the molecule is CCC([Si]C(OC)OC)c1cc2ccccc2s1. The van der Waals surface area contributed by atoms with Crippen molar-refractivity contribution in [3.8, 4) is 0 Å². The predicted molar refractivity (Wildman–Crippen MR) is 78.4 cm³/mol. The zero-order chi connectivity index (χ0) is 13.0.